The zero-order valence-electron chi connectivity index (χ0n) is 22.1. The van der Waals surface area contributed by atoms with Gasteiger partial charge in [0.1, 0.15) is 16.6 Å². The third-order valence-electron chi connectivity index (χ3n) is 7.69. The highest BCUT2D eigenvalue weighted by atomic mass is 19.4. The van der Waals surface area contributed by atoms with Crippen molar-refractivity contribution in [3.05, 3.63) is 64.0 Å². The van der Waals surface area contributed by atoms with E-state index < -0.39 is 11.6 Å². The van der Waals surface area contributed by atoms with Crippen molar-refractivity contribution in [3.63, 3.8) is 0 Å². The lowest BCUT2D eigenvalue weighted by molar-refractivity contribution is -0.162. The minimum atomic E-state index is -4.46. The van der Waals surface area contributed by atoms with E-state index in [4.69, 9.17) is 0 Å². The maximum absolute atomic E-state index is 13.8. The number of benzene rings is 1. The summed E-state index contributed by atoms with van der Waals surface area (Å²) in [6.45, 7) is 8.79. The van der Waals surface area contributed by atoms with Gasteiger partial charge in [-0.25, -0.2) is 24.3 Å². The first-order chi connectivity index (χ1) is 18.4. The summed E-state index contributed by atoms with van der Waals surface area (Å²) >= 11 is 0. The second kappa shape index (κ2) is 8.60. The van der Waals surface area contributed by atoms with Crippen molar-refractivity contribution in [2.24, 2.45) is 0 Å². The van der Waals surface area contributed by atoms with Gasteiger partial charge < -0.3 is 10.6 Å². The van der Waals surface area contributed by atoms with Crippen LogP contribution in [0, 0.1) is 0 Å². The zero-order valence-corrected chi connectivity index (χ0v) is 22.1. The molecule has 0 spiro atoms. The first-order valence-corrected chi connectivity index (χ1v) is 13.0. The average Bonchev–Trinajstić information content (AvgIpc) is 3.64. The fourth-order valence-electron chi connectivity index (χ4n) is 5.42. The van der Waals surface area contributed by atoms with Gasteiger partial charge in [0.25, 0.3) is 5.56 Å². The summed E-state index contributed by atoms with van der Waals surface area (Å²) in [5, 5.41) is 6.98. The van der Waals surface area contributed by atoms with Gasteiger partial charge in [-0.05, 0) is 76.8 Å². The van der Waals surface area contributed by atoms with Crippen LogP contribution >= 0.6 is 0 Å². The van der Waals surface area contributed by atoms with Gasteiger partial charge in [0.15, 0.2) is 11.5 Å². The molecule has 6 rings (SSSR count). The molecule has 4 aromatic rings. The molecule has 3 aromatic heterocycles. The van der Waals surface area contributed by atoms with E-state index in [-0.39, 0.29) is 58.6 Å². The Morgan fingerprint density at radius 1 is 1.10 bits per heavy atom. The van der Waals surface area contributed by atoms with E-state index in [0.29, 0.717) is 0 Å². The molecule has 1 fully saturated rings. The number of aromatic nitrogens is 6. The van der Waals surface area contributed by atoms with Crippen molar-refractivity contribution in [1.29, 1.82) is 0 Å². The lowest BCUT2D eigenvalue weighted by Gasteiger charge is -2.34. The fraction of sp³-hybridized carbons (Fsp3) is 0.444. The van der Waals surface area contributed by atoms with Crippen LogP contribution in [0.3, 0.4) is 0 Å². The van der Waals surface area contributed by atoms with Crippen LogP contribution in [0.15, 0.2) is 41.5 Å². The Morgan fingerprint density at radius 3 is 2.56 bits per heavy atom. The van der Waals surface area contributed by atoms with Gasteiger partial charge in [0.2, 0.25) is 5.95 Å². The lowest BCUT2D eigenvalue weighted by atomic mass is 9.85. The molecule has 39 heavy (non-hydrogen) atoms. The van der Waals surface area contributed by atoms with Crippen LogP contribution in [0.4, 0.5) is 24.8 Å². The molecule has 1 saturated carbocycles. The second-order valence-electron chi connectivity index (χ2n) is 11.1. The summed E-state index contributed by atoms with van der Waals surface area (Å²) in [5.41, 5.74) is 0.966. The normalized spacial score (nSPS) is 17.8. The van der Waals surface area contributed by atoms with E-state index in [1.165, 1.54) is 39.0 Å². The fourth-order valence-corrected chi connectivity index (χ4v) is 5.42. The van der Waals surface area contributed by atoms with Crippen LogP contribution in [0.1, 0.15) is 63.5 Å². The predicted molar refractivity (Wildman–Crippen MR) is 141 cm³/mol. The van der Waals surface area contributed by atoms with E-state index in [1.807, 2.05) is 19.9 Å². The number of hydrogen-bond acceptors (Lipinski definition) is 7. The highest BCUT2D eigenvalue weighted by Gasteiger charge is 2.66. The van der Waals surface area contributed by atoms with Crippen LogP contribution in [0.2, 0.25) is 0 Å². The quantitative estimate of drug-likeness (QED) is 0.381. The van der Waals surface area contributed by atoms with Gasteiger partial charge in [0.05, 0.1) is 0 Å². The SMILES string of the molecule is CC(C)n1c(=O)c2cnc(Nc3ccc4c(c3)CCNC4(C)C)nc2n1-c1ccnc(C2(C(F)(F)F)CC2)n1. The van der Waals surface area contributed by atoms with Gasteiger partial charge in [-0.1, -0.05) is 6.07 Å². The van der Waals surface area contributed by atoms with Gasteiger partial charge in [-0.3, -0.25) is 4.79 Å². The Bertz CT molecular complexity index is 1650. The Kier molecular flexibility index (Phi) is 5.62. The topological polar surface area (TPSA) is 103 Å². The molecule has 0 amide bonds. The molecule has 1 aromatic carbocycles. The van der Waals surface area contributed by atoms with Crippen LogP contribution in [0.25, 0.3) is 16.9 Å². The molecule has 0 radical (unpaired) electrons. The molecule has 12 heteroatoms. The number of alkyl halides is 3. The molecule has 0 unspecified atom stereocenters. The molecule has 0 bridgehead atoms. The Morgan fingerprint density at radius 2 is 1.87 bits per heavy atom. The number of fused-ring (bicyclic) bond motifs is 2. The highest BCUT2D eigenvalue weighted by Crippen LogP contribution is 2.57. The number of hydrogen-bond donors (Lipinski definition) is 2. The van der Waals surface area contributed by atoms with E-state index in [2.05, 4.69) is 56.5 Å². The van der Waals surface area contributed by atoms with Crippen LogP contribution in [-0.4, -0.2) is 42.0 Å². The molecule has 1 aliphatic carbocycles. The standard InChI is InChI=1S/C27H29F3N8O/c1-15(2)37-22(39)18-14-32-24(34-17-5-6-19-16(13-17)7-12-33-25(19,3)4)36-21(18)38(37)20-8-11-31-23(35-20)26(9-10-26)27(28,29)30/h5-6,8,11,13-15,33H,7,9-10,12H2,1-4H3,(H,32,34,36). The third kappa shape index (κ3) is 4.08. The summed E-state index contributed by atoms with van der Waals surface area (Å²) < 4.78 is 44.3. The number of halogens is 3. The Hall–Kier alpha value is -3.80. The van der Waals surface area contributed by atoms with Crippen LogP contribution in [-0.2, 0) is 17.4 Å². The minimum Gasteiger partial charge on any atom is -0.324 e. The van der Waals surface area contributed by atoms with Gasteiger partial charge >= 0.3 is 6.18 Å². The van der Waals surface area contributed by atoms with Gasteiger partial charge in [0, 0.05) is 35.7 Å². The van der Waals surface area contributed by atoms with E-state index >= 15 is 0 Å². The predicted octanol–water partition coefficient (Wildman–Crippen LogP) is 4.67. The van der Waals surface area contributed by atoms with Crippen LogP contribution < -0.4 is 16.2 Å². The molecule has 0 saturated heterocycles. The molecule has 204 valence electrons. The molecule has 9 nitrogen and oxygen atoms in total. The summed E-state index contributed by atoms with van der Waals surface area (Å²) in [4.78, 5) is 30.6. The maximum atomic E-state index is 13.8. The molecular weight excluding hydrogens is 509 g/mol. The molecule has 4 heterocycles. The molecule has 0 atom stereocenters. The first-order valence-electron chi connectivity index (χ1n) is 13.0. The van der Waals surface area contributed by atoms with Crippen molar-refractivity contribution in [3.8, 4) is 5.82 Å². The van der Waals surface area contributed by atoms with Gasteiger partial charge in [-0.15, -0.1) is 0 Å². The molecule has 2 aliphatic rings. The molecule has 2 N–H and O–H groups in total. The third-order valence-corrected chi connectivity index (χ3v) is 7.69. The lowest BCUT2D eigenvalue weighted by Crippen LogP contribution is -2.42. The number of nitrogens with one attached hydrogen (secondary N) is 2. The number of anilines is 2. The number of rotatable bonds is 5. The highest BCUT2D eigenvalue weighted by molar-refractivity contribution is 5.77. The van der Waals surface area contributed by atoms with E-state index in [1.54, 1.807) is 0 Å². The largest absolute Gasteiger partial charge is 0.401 e. The summed E-state index contributed by atoms with van der Waals surface area (Å²) in [5.74, 6) is 0.106. The summed E-state index contributed by atoms with van der Waals surface area (Å²) in [6, 6.07) is 7.26. The van der Waals surface area contributed by atoms with E-state index in [0.717, 1.165) is 18.7 Å². The second-order valence-corrected chi connectivity index (χ2v) is 11.1. The average molecular weight is 539 g/mol. The minimum absolute atomic E-state index is 0.0619. The smallest absolute Gasteiger partial charge is 0.324 e. The van der Waals surface area contributed by atoms with Crippen LogP contribution in [0.5, 0.6) is 0 Å². The van der Waals surface area contributed by atoms with Gasteiger partial charge in [-0.2, -0.15) is 18.2 Å². The van der Waals surface area contributed by atoms with Crippen molar-refractivity contribution >= 4 is 22.7 Å². The van der Waals surface area contributed by atoms with Crippen molar-refractivity contribution in [2.75, 3.05) is 11.9 Å². The summed E-state index contributed by atoms with van der Waals surface area (Å²) in [7, 11) is 0. The Labute approximate surface area is 222 Å². The molecular formula is C27H29F3N8O. The van der Waals surface area contributed by atoms with Crippen molar-refractivity contribution in [1.82, 2.24) is 34.6 Å². The van der Waals surface area contributed by atoms with Crippen molar-refractivity contribution < 1.29 is 13.2 Å². The summed E-state index contributed by atoms with van der Waals surface area (Å²) in [6.07, 6.45) is -0.953. The monoisotopic (exact) mass is 538 g/mol. The maximum Gasteiger partial charge on any atom is 0.401 e. The Balaban J connectivity index is 1.44. The van der Waals surface area contributed by atoms with E-state index in [9.17, 15) is 18.0 Å². The zero-order chi connectivity index (χ0) is 27.7. The number of nitrogens with zero attached hydrogens (tertiary/aromatic N) is 6. The molecule has 1 aliphatic heterocycles. The van der Waals surface area contributed by atoms with Crippen molar-refractivity contribution in [2.45, 2.75) is 70.1 Å². The first kappa shape index (κ1) is 25.5.